The smallest absolute Gasteiger partial charge is 0.324 e. The Balaban J connectivity index is 2.74. The van der Waals surface area contributed by atoms with Crippen LogP contribution in [-0.2, 0) is 21.9 Å². The highest BCUT2D eigenvalue weighted by atomic mass is 35.5. The van der Waals surface area contributed by atoms with Crippen molar-refractivity contribution in [2.24, 2.45) is 7.05 Å². The van der Waals surface area contributed by atoms with Gasteiger partial charge in [-0.2, -0.15) is 13.2 Å². The van der Waals surface area contributed by atoms with Crippen LogP contribution < -0.4 is 4.89 Å². The Labute approximate surface area is 99.3 Å². The molecule has 0 saturated carbocycles. The lowest BCUT2D eigenvalue weighted by Gasteiger charge is -2.07. The minimum atomic E-state index is -4.64. The molecule has 1 heterocycles. The van der Waals surface area contributed by atoms with Crippen LogP contribution in [0.5, 0.6) is 0 Å². The van der Waals surface area contributed by atoms with E-state index >= 15 is 0 Å². The van der Waals surface area contributed by atoms with Crippen LogP contribution >= 0.6 is 11.6 Å². The Hall–Kier alpha value is -0.840. The van der Waals surface area contributed by atoms with Gasteiger partial charge >= 0.3 is 6.18 Å². The first kappa shape index (κ1) is 14.2. The van der Waals surface area contributed by atoms with Crippen LogP contribution in [0.1, 0.15) is 0 Å². The lowest BCUT2D eigenvalue weighted by atomic mass is 10.7. The van der Waals surface area contributed by atoms with Crippen LogP contribution in [0.25, 0.3) is 0 Å². The van der Waals surface area contributed by atoms with E-state index in [4.69, 9.17) is 11.6 Å². The second kappa shape index (κ2) is 4.80. The number of imidazole rings is 1. The van der Waals surface area contributed by atoms with E-state index in [0.29, 0.717) is 0 Å². The van der Waals surface area contributed by atoms with E-state index < -0.39 is 27.8 Å². The lowest BCUT2D eigenvalue weighted by molar-refractivity contribution is -0.181. The van der Waals surface area contributed by atoms with Gasteiger partial charge in [-0.1, -0.05) is 16.5 Å². The van der Waals surface area contributed by atoms with Crippen LogP contribution in [0.4, 0.5) is 13.2 Å². The molecule has 11 heteroatoms. The van der Waals surface area contributed by atoms with Crippen LogP contribution in [0.15, 0.2) is 11.4 Å². The summed E-state index contributed by atoms with van der Waals surface area (Å²) in [6, 6.07) is 0. The van der Waals surface area contributed by atoms with Gasteiger partial charge in [0.05, 0.1) is 6.33 Å². The first-order chi connectivity index (χ1) is 7.63. The molecule has 0 atom stereocenters. The molecule has 0 radical (unpaired) electrons. The predicted molar refractivity (Wildman–Crippen MR) is 50.5 cm³/mol. The van der Waals surface area contributed by atoms with E-state index in [1.54, 1.807) is 0 Å². The van der Waals surface area contributed by atoms with Crippen LogP contribution in [-0.4, -0.2) is 30.8 Å². The minimum Gasteiger partial charge on any atom is -0.324 e. The summed E-state index contributed by atoms with van der Waals surface area (Å²) in [5.41, 5.74) is 0. The summed E-state index contributed by atoms with van der Waals surface area (Å²) < 4.78 is 59.1. The van der Waals surface area contributed by atoms with Gasteiger partial charge in [0.15, 0.2) is 6.61 Å². The first-order valence-electron chi connectivity index (χ1n) is 4.00. The molecule has 0 aliphatic heterocycles. The molecule has 0 aliphatic carbocycles. The Kier molecular flexibility index (Phi) is 4.02. The molecule has 0 spiro atoms. The number of nitrogens with one attached hydrogen (secondary N) is 1. The molecule has 0 unspecified atom stereocenters. The maximum Gasteiger partial charge on any atom is 0.413 e. The van der Waals surface area contributed by atoms with Gasteiger partial charge < -0.3 is 4.57 Å². The van der Waals surface area contributed by atoms with Crippen molar-refractivity contribution in [2.75, 3.05) is 6.61 Å². The number of sulfonamides is 1. The van der Waals surface area contributed by atoms with E-state index in [0.717, 1.165) is 6.33 Å². The van der Waals surface area contributed by atoms with Crippen molar-refractivity contribution in [3.8, 4) is 0 Å². The molecule has 98 valence electrons. The number of aromatic nitrogens is 2. The number of nitrogens with zero attached hydrogens (tertiary/aromatic N) is 2. The molecule has 0 amide bonds. The van der Waals surface area contributed by atoms with Gasteiger partial charge in [0.1, 0.15) is 5.15 Å². The highest BCUT2D eigenvalue weighted by Crippen LogP contribution is 2.19. The number of alkyl halides is 3. The number of aryl methyl sites for hydroxylation is 1. The topological polar surface area (TPSA) is 73.2 Å². The third-order valence-corrected chi connectivity index (χ3v) is 3.20. The van der Waals surface area contributed by atoms with Gasteiger partial charge in [-0.15, -0.1) is 0 Å². The third kappa shape index (κ3) is 3.84. The fourth-order valence-corrected chi connectivity index (χ4v) is 2.04. The maximum atomic E-state index is 11.7. The monoisotopic (exact) mass is 293 g/mol. The molecule has 0 fully saturated rings. The Morgan fingerprint density at radius 1 is 1.59 bits per heavy atom. The zero-order valence-electron chi connectivity index (χ0n) is 8.32. The second-order valence-corrected chi connectivity index (χ2v) is 4.86. The van der Waals surface area contributed by atoms with Gasteiger partial charge in [0.25, 0.3) is 10.0 Å². The Bertz CT molecular complexity index is 498. The number of hydrogen-bond acceptors (Lipinski definition) is 4. The average Bonchev–Trinajstić information content (AvgIpc) is 2.45. The zero-order chi connectivity index (χ0) is 13.3. The predicted octanol–water partition coefficient (Wildman–Crippen LogP) is 0.846. The second-order valence-electron chi connectivity index (χ2n) is 2.94. The van der Waals surface area contributed by atoms with E-state index in [-0.39, 0.29) is 5.15 Å². The normalized spacial score (nSPS) is 13.0. The molecule has 0 bridgehead atoms. The Morgan fingerprint density at radius 2 is 2.18 bits per heavy atom. The molecular weight excluding hydrogens is 287 g/mol. The average molecular weight is 294 g/mol. The van der Waals surface area contributed by atoms with Crippen molar-refractivity contribution in [1.29, 1.82) is 0 Å². The zero-order valence-corrected chi connectivity index (χ0v) is 9.90. The molecule has 17 heavy (non-hydrogen) atoms. The van der Waals surface area contributed by atoms with E-state index in [9.17, 15) is 21.6 Å². The number of halogens is 4. The molecule has 1 aromatic rings. The molecule has 6 nitrogen and oxygen atoms in total. The first-order valence-corrected chi connectivity index (χ1v) is 5.87. The molecule has 0 saturated heterocycles. The quantitative estimate of drug-likeness (QED) is 0.835. The van der Waals surface area contributed by atoms with Crippen LogP contribution in [0, 0.1) is 0 Å². The van der Waals surface area contributed by atoms with Crippen molar-refractivity contribution in [3.05, 3.63) is 11.5 Å². The fraction of sp³-hybridized carbons (Fsp3) is 0.500. The van der Waals surface area contributed by atoms with Gasteiger partial charge in [-0.25, -0.2) is 13.4 Å². The summed E-state index contributed by atoms with van der Waals surface area (Å²) in [5, 5.41) is -0.850. The standard InChI is InChI=1S/C6H7ClF3N3O3S/c1-13-3-11-5(4(13)7)17(14,15)12-16-2-6(8,9)10/h3,12H,2H2,1H3. The molecule has 1 N–H and O–H groups in total. The molecule has 1 rings (SSSR count). The molecular formula is C6H7ClF3N3O3S. The SMILES string of the molecule is Cn1cnc(S(=O)(=O)NOCC(F)(F)F)c1Cl. The summed E-state index contributed by atoms with van der Waals surface area (Å²) >= 11 is 5.57. The summed E-state index contributed by atoms with van der Waals surface area (Å²) in [4.78, 5) is 8.51. The third-order valence-electron chi connectivity index (χ3n) is 1.49. The summed E-state index contributed by atoms with van der Waals surface area (Å²) in [6.45, 7) is -1.75. The van der Waals surface area contributed by atoms with Crippen LogP contribution in [0.2, 0.25) is 5.15 Å². The number of rotatable bonds is 4. The summed E-state index contributed by atoms with van der Waals surface area (Å²) in [5.74, 6) is 0. The molecule has 0 aromatic carbocycles. The fourth-order valence-electron chi connectivity index (χ4n) is 0.802. The summed E-state index contributed by atoms with van der Waals surface area (Å²) in [7, 11) is -2.91. The van der Waals surface area contributed by atoms with E-state index in [1.807, 2.05) is 0 Å². The molecule has 0 aliphatic rings. The van der Waals surface area contributed by atoms with Gasteiger partial charge in [0, 0.05) is 7.05 Å². The van der Waals surface area contributed by atoms with Crippen molar-refractivity contribution >= 4 is 21.6 Å². The van der Waals surface area contributed by atoms with E-state index in [1.165, 1.54) is 16.5 Å². The van der Waals surface area contributed by atoms with Gasteiger partial charge in [-0.05, 0) is 0 Å². The highest BCUT2D eigenvalue weighted by Gasteiger charge is 2.30. The largest absolute Gasteiger partial charge is 0.413 e. The van der Waals surface area contributed by atoms with Crippen molar-refractivity contribution in [3.63, 3.8) is 0 Å². The maximum absolute atomic E-state index is 11.7. The Morgan fingerprint density at radius 3 is 2.59 bits per heavy atom. The minimum absolute atomic E-state index is 0.242. The van der Waals surface area contributed by atoms with Crippen molar-refractivity contribution < 1.29 is 26.4 Å². The molecule has 1 aromatic heterocycles. The lowest BCUT2D eigenvalue weighted by Crippen LogP contribution is -2.30. The van der Waals surface area contributed by atoms with Gasteiger partial charge in [-0.3, -0.25) is 4.84 Å². The van der Waals surface area contributed by atoms with Gasteiger partial charge in [0.2, 0.25) is 5.03 Å². The van der Waals surface area contributed by atoms with Crippen molar-refractivity contribution in [1.82, 2.24) is 14.4 Å². The number of hydrogen-bond donors (Lipinski definition) is 1. The highest BCUT2D eigenvalue weighted by molar-refractivity contribution is 7.89. The van der Waals surface area contributed by atoms with Crippen LogP contribution in [0.3, 0.4) is 0 Å². The van der Waals surface area contributed by atoms with E-state index in [2.05, 4.69) is 9.82 Å². The van der Waals surface area contributed by atoms with Crippen molar-refractivity contribution in [2.45, 2.75) is 11.2 Å². The summed E-state index contributed by atoms with van der Waals surface area (Å²) in [6.07, 6.45) is -3.54.